The number of rotatable bonds is 8. The summed E-state index contributed by atoms with van der Waals surface area (Å²) >= 11 is 0. The molecule has 0 aliphatic heterocycles. The van der Waals surface area contributed by atoms with Crippen molar-refractivity contribution in [1.29, 1.82) is 0 Å². The van der Waals surface area contributed by atoms with Crippen LogP contribution in [0.25, 0.3) is 0 Å². The molecule has 2 aromatic rings. The van der Waals surface area contributed by atoms with Crippen LogP contribution in [0.15, 0.2) is 48.5 Å². The van der Waals surface area contributed by atoms with Crippen molar-refractivity contribution >= 4 is 21.4 Å². The first kappa shape index (κ1) is 19.2. The van der Waals surface area contributed by atoms with Gasteiger partial charge in [-0.2, -0.15) is 0 Å². The zero-order chi connectivity index (χ0) is 18.3. The highest BCUT2D eigenvalue weighted by Crippen LogP contribution is 2.21. The fourth-order valence-electron chi connectivity index (χ4n) is 2.79. The van der Waals surface area contributed by atoms with Gasteiger partial charge in [0.05, 0.1) is 5.75 Å². The van der Waals surface area contributed by atoms with Crippen LogP contribution in [0.2, 0.25) is 0 Å². The number of carbonyl (C=O) groups is 1. The number of anilines is 1. The molecule has 0 heterocycles. The van der Waals surface area contributed by atoms with Crippen molar-refractivity contribution in [3.63, 3.8) is 0 Å². The summed E-state index contributed by atoms with van der Waals surface area (Å²) in [5.41, 5.74) is 3.79. The molecular weight excluding hydrogens is 334 g/mol. The van der Waals surface area contributed by atoms with Gasteiger partial charge in [-0.15, -0.1) is 0 Å². The van der Waals surface area contributed by atoms with Gasteiger partial charge in [0.2, 0.25) is 5.91 Å². The van der Waals surface area contributed by atoms with Crippen molar-refractivity contribution in [1.82, 2.24) is 0 Å². The van der Waals surface area contributed by atoms with Crippen molar-refractivity contribution in [2.75, 3.05) is 16.8 Å². The maximum Gasteiger partial charge on any atom is 0.239 e. The van der Waals surface area contributed by atoms with Crippen molar-refractivity contribution < 1.29 is 13.2 Å². The second kappa shape index (κ2) is 8.81. The van der Waals surface area contributed by atoms with Gasteiger partial charge in [0, 0.05) is 5.69 Å². The molecular formula is C20H25NO3S. The third-order valence-electron chi connectivity index (χ3n) is 4.12. The topological polar surface area (TPSA) is 63.2 Å². The molecule has 0 saturated carbocycles. The quantitative estimate of drug-likeness (QED) is 0.784. The molecule has 2 rings (SSSR count). The first-order valence-electron chi connectivity index (χ1n) is 8.54. The standard InChI is InChI=1S/C20H25NO3S/c1-3-18-13-7-9-16(2)20(18)21-19(22)15-25(23,24)14-8-12-17-10-5-4-6-11-17/h4-7,9-11,13H,3,8,12,14-15H2,1-2H3,(H,21,22). The lowest BCUT2D eigenvalue weighted by Gasteiger charge is -2.13. The Labute approximate surface area is 150 Å². The maximum absolute atomic E-state index is 12.2. The Kier molecular flexibility index (Phi) is 6.76. The summed E-state index contributed by atoms with van der Waals surface area (Å²) in [6.07, 6.45) is 1.99. The van der Waals surface area contributed by atoms with Crippen LogP contribution in [0.1, 0.15) is 30.0 Å². The van der Waals surface area contributed by atoms with E-state index in [1.165, 1.54) is 0 Å². The van der Waals surface area contributed by atoms with Crippen LogP contribution in [0, 0.1) is 6.92 Å². The van der Waals surface area contributed by atoms with Crippen LogP contribution in [-0.4, -0.2) is 25.8 Å². The van der Waals surface area contributed by atoms with E-state index in [9.17, 15) is 13.2 Å². The van der Waals surface area contributed by atoms with Gasteiger partial charge in [-0.1, -0.05) is 55.5 Å². The first-order chi connectivity index (χ1) is 11.9. The van der Waals surface area contributed by atoms with Gasteiger partial charge >= 0.3 is 0 Å². The average Bonchev–Trinajstić information content (AvgIpc) is 2.57. The van der Waals surface area contributed by atoms with Crippen LogP contribution in [0.3, 0.4) is 0 Å². The minimum Gasteiger partial charge on any atom is -0.325 e. The highest BCUT2D eigenvalue weighted by Gasteiger charge is 2.18. The zero-order valence-corrected chi connectivity index (χ0v) is 15.6. The Morgan fingerprint density at radius 2 is 1.76 bits per heavy atom. The summed E-state index contributed by atoms with van der Waals surface area (Å²) in [5.74, 6) is -0.924. The summed E-state index contributed by atoms with van der Waals surface area (Å²) in [4.78, 5) is 12.2. The Bertz CT molecular complexity index is 814. The molecule has 1 N–H and O–H groups in total. The summed E-state index contributed by atoms with van der Waals surface area (Å²) in [7, 11) is -3.42. The normalized spacial score (nSPS) is 11.3. The minimum absolute atomic E-state index is 0.0176. The highest BCUT2D eigenvalue weighted by molar-refractivity contribution is 7.92. The molecule has 0 aromatic heterocycles. The molecule has 0 unspecified atom stereocenters. The van der Waals surface area contributed by atoms with E-state index in [-0.39, 0.29) is 5.75 Å². The number of aryl methyl sites for hydroxylation is 3. The number of sulfone groups is 1. The third-order valence-corrected chi connectivity index (χ3v) is 5.73. The highest BCUT2D eigenvalue weighted by atomic mass is 32.2. The van der Waals surface area contributed by atoms with Gasteiger partial charge in [0.1, 0.15) is 5.75 Å². The molecule has 0 fully saturated rings. The predicted molar refractivity (Wildman–Crippen MR) is 103 cm³/mol. The molecule has 0 bridgehead atoms. The Balaban J connectivity index is 1.91. The van der Waals surface area contributed by atoms with E-state index >= 15 is 0 Å². The van der Waals surface area contributed by atoms with Crippen molar-refractivity contribution in [3.8, 4) is 0 Å². The Morgan fingerprint density at radius 1 is 1.04 bits per heavy atom. The van der Waals surface area contributed by atoms with Gasteiger partial charge in [-0.25, -0.2) is 8.42 Å². The predicted octanol–water partition coefficient (Wildman–Crippen LogP) is 3.54. The number of hydrogen-bond donors (Lipinski definition) is 1. The van der Waals surface area contributed by atoms with E-state index in [0.29, 0.717) is 12.8 Å². The largest absolute Gasteiger partial charge is 0.325 e. The Hall–Kier alpha value is -2.14. The van der Waals surface area contributed by atoms with E-state index in [2.05, 4.69) is 5.32 Å². The monoisotopic (exact) mass is 359 g/mol. The maximum atomic E-state index is 12.2. The molecule has 0 atom stereocenters. The van der Waals surface area contributed by atoms with Crippen LogP contribution >= 0.6 is 0 Å². The number of amides is 1. The second-order valence-electron chi connectivity index (χ2n) is 6.19. The average molecular weight is 359 g/mol. The molecule has 0 aliphatic carbocycles. The molecule has 2 aromatic carbocycles. The van der Waals surface area contributed by atoms with Crippen LogP contribution in [0.5, 0.6) is 0 Å². The smallest absolute Gasteiger partial charge is 0.239 e. The first-order valence-corrected chi connectivity index (χ1v) is 10.4. The van der Waals surface area contributed by atoms with Crippen molar-refractivity contribution in [2.45, 2.75) is 33.1 Å². The number of carbonyl (C=O) groups excluding carboxylic acids is 1. The lowest BCUT2D eigenvalue weighted by Crippen LogP contribution is -2.25. The van der Waals surface area contributed by atoms with Gasteiger partial charge < -0.3 is 5.32 Å². The fourth-order valence-corrected chi connectivity index (χ4v) is 3.99. The summed E-state index contributed by atoms with van der Waals surface area (Å²) < 4.78 is 24.4. The van der Waals surface area contributed by atoms with Crippen LogP contribution < -0.4 is 5.32 Å². The number of nitrogens with one attached hydrogen (secondary N) is 1. The lowest BCUT2D eigenvalue weighted by atomic mass is 10.1. The molecule has 0 radical (unpaired) electrons. The summed E-state index contributed by atoms with van der Waals surface area (Å²) in [6, 6.07) is 15.5. The SMILES string of the molecule is CCc1cccc(C)c1NC(=O)CS(=O)(=O)CCCc1ccccc1. The third kappa shape index (κ3) is 6.02. The van der Waals surface area contributed by atoms with Crippen LogP contribution in [0.4, 0.5) is 5.69 Å². The summed E-state index contributed by atoms with van der Waals surface area (Å²) in [5, 5.41) is 2.78. The van der Waals surface area contributed by atoms with Gasteiger partial charge in [0.15, 0.2) is 9.84 Å². The zero-order valence-electron chi connectivity index (χ0n) is 14.8. The van der Waals surface area contributed by atoms with Crippen molar-refractivity contribution in [2.24, 2.45) is 0 Å². The van der Waals surface area contributed by atoms with E-state index < -0.39 is 21.5 Å². The Morgan fingerprint density at radius 3 is 2.44 bits per heavy atom. The molecule has 0 aliphatic rings. The number of hydrogen-bond acceptors (Lipinski definition) is 3. The van der Waals surface area contributed by atoms with E-state index in [4.69, 9.17) is 0 Å². The molecule has 134 valence electrons. The lowest BCUT2D eigenvalue weighted by molar-refractivity contribution is -0.113. The number of para-hydroxylation sites is 1. The van der Waals surface area contributed by atoms with Crippen molar-refractivity contribution in [3.05, 3.63) is 65.2 Å². The molecule has 1 amide bonds. The van der Waals surface area contributed by atoms with E-state index in [0.717, 1.165) is 28.8 Å². The number of benzene rings is 2. The van der Waals surface area contributed by atoms with Gasteiger partial charge in [0.25, 0.3) is 0 Å². The van der Waals surface area contributed by atoms with Crippen LogP contribution in [-0.2, 0) is 27.5 Å². The molecule has 0 saturated heterocycles. The molecule has 0 spiro atoms. The van der Waals surface area contributed by atoms with E-state index in [1.54, 1.807) is 0 Å². The molecule has 5 heteroatoms. The van der Waals surface area contributed by atoms with Gasteiger partial charge in [-0.3, -0.25) is 4.79 Å². The van der Waals surface area contributed by atoms with Gasteiger partial charge in [-0.05, 0) is 42.9 Å². The summed E-state index contributed by atoms with van der Waals surface area (Å²) in [6.45, 7) is 3.91. The second-order valence-corrected chi connectivity index (χ2v) is 8.38. The minimum atomic E-state index is -3.42. The molecule has 4 nitrogen and oxygen atoms in total. The fraction of sp³-hybridized carbons (Fsp3) is 0.350. The van der Waals surface area contributed by atoms with E-state index in [1.807, 2.05) is 62.4 Å². The molecule has 25 heavy (non-hydrogen) atoms.